The minimum absolute atomic E-state index is 0.0928. The number of amides is 2. The van der Waals surface area contributed by atoms with Crippen molar-refractivity contribution in [1.82, 2.24) is 4.90 Å². The maximum atomic E-state index is 13.5. The number of aliphatic hydroxyl groups is 1. The third kappa shape index (κ3) is 4.12. The van der Waals surface area contributed by atoms with Gasteiger partial charge in [-0.2, -0.15) is 0 Å². The highest BCUT2D eigenvalue weighted by atomic mass is 79.9. The molecule has 1 rings (SSSR count). The first-order valence-corrected chi connectivity index (χ1v) is 6.10. The number of hydrogen-bond donors (Lipinski definition) is 2. The topological polar surface area (TPSA) is 52.6 Å². The highest BCUT2D eigenvalue weighted by molar-refractivity contribution is 9.10. The van der Waals surface area contributed by atoms with Crippen LogP contribution in [0.4, 0.5) is 14.9 Å². The molecule has 0 atom stereocenters. The number of rotatable bonds is 5. The van der Waals surface area contributed by atoms with Crippen molar-refractivity contribution in [2.75, 3.05) is 25.0 Å². The predicted molar refractivity (Wildman–Crippen MR) is 72.0 cm³/mol. The molecule has 2 amide bonds. The Kier molecular flexibility index (Phi) is 5.80. The van der Waals surface area contributed by atoms with Gasteiger partial charge in [0.15, 0.2) is 0 Å². The zero-order valence-electron chi connectivity index (χ0n) is 9.70. The van der Waals surface area contributed by atoms with Crippen LogP contribution in [0.25, 0.3) is 0 Å². The molecular weight excluding hydrogens is 303 g/mol. The van der Waals surface area contributed by atoms with Crippen LogP contribution in [-0.4, -0.2) is 35.7 Å². The number of hydrogen-bond acceptors (Lipinski definition) is 2. The van der Waals surface area contributed by atoms with Crippen LogP contribution in [0.1, 0.15) is 0 Å². The number of halogens is 2. The summed E-state index contributed by atoms with van der Waals surface area (Å²) in [7, 11) is 0. The number of nitrogens with zero attached hydrogens (tertiary/aromatic N) is 1. The number of carbonyl (C=O) groups excluding carboxylic acids is 1. The third-order valence-corrected chi connectivity index (χ3v) is 2.67. The highest BCUT2D eigenvalue weighted by Gasteiger charge is 2.13. The summed E-state index contributed by atoms with van der Waals surface area (Å²) >= 11 is 3.13. The van der Waals surface area contributed by atoms with Gasteiger partial charge in [-0.3, -0.25) is 0 Å². The third-order valence-electron chi connectivity index (χ3n) is 2.18. The standard InChI is InChI=1S/C12H14BrFN2O2/c1-2-5-16(6-7-17)12(18)15-11-4-3-9(13)8-10(11)14/h2-4,8,17H,1,5-7H2,(H,15,18). The van der Waals surface area contributed by atoms with Gasteiger partial charge in [-0.05, 0) is 18.2 Å². The lowest BCUT2D eigenvalue weighted by molar-refractivity contribution is 0.195. The van der Waals surface area contributed by atoms with E-state index in [2.05, 4.69) is 27.8 Å². The molecule has 2 N–H and O–H groups in total. The molecule has 0 aromatic heterocycles. The van der Waals surface area contributed by atoms with Gasteiger partial charge in [-0.25, -0.2) is 9.18 Å². The summed E-state index contributed by atoms with van der Waals surface area (Å²) in [6.07, 6.45) is 1.53. The van der Waals surface area contributed by atoms with E-state index in [9.17, 15) is 9.18 Å². The zero-order valence-corrected chi connectivity index (χ0v) is 11.3. The summed E-state index contributed by atoms with van der Waals surface area (Å²) < 4.78 is 14.1. The van der Waals surface area contributed by atoms with Crippen LogP contribution in [0.15, 0.2) is 35.3 Å². The Morgan fingerprint density at radius 1 is 1.61 bits per heavy atom. The molecule has 0 unspecified atom stereocenters. The SMILES string of the molecule is C=CCN(CCO)C(=O)Nc1ccc(Br)cc1F. The van der Waals surface area contributed by atoms with Gasteiger partial charge in [0.1, 0.15) is 5.82 Å². The van der Waals surface area contributed by atoms with Gasteiger partial charge in [-0.1, -0.05) is 22.0 Å². The molecule has 6 heteroatoms. The summed E-state index contributed by atoms with van der Waals surface area (Å²) in [4.78, 5) is 13.1. The van der Waals surface area contributed by atoms with Crippen LogP contribution in [0.3, 0.4) is 0 Å². The van der Waals surface area contributed by atoms with Crippen molar-refractivity contribution < 1.29 is 14.3 Å². The quantitative estimate of drug-likeness (QED) is 0.820. The molecule has 0 radical (unpaired) electrons. The lowest BCUT2D eigenvalue weighted by Crippen LogP contribution is -2.37. The van der Waals surface area contributed by atoms with E-state index in [-0.39, 0.29) is 25.4 Å². The Balaban J connectivity index is 2.75. The predicted octanol–water partition coefficient (Wildman–Crippen LogP) is 2.60. The number of benzene rings is 1. The van der Waals surface area contributed by atoms with Crippen molar-refractivity contribution in [2.45, 2.75) is 0 Å². The normalized spacial score (nSPS) is 9.94. The lowest BCUT2D eigenvalue weighted by atomic mass is 10.3. The summed E-state index contributed by atoms with van der Waals surface area (Å²) in [6.45, 7) is 3.80. The van der Waals surface area contributed by atoms with Crippen LogP contribution in [0.2, 0.25) is 0 Å². The number of anilines is 1. The molecule has 0 heterocycles. The molecule has 1 aromatic carbocycles. The maximum Gasteiger partial charge on any atom is 0.322 e. The molecule has 98 valence electrons. The first kappa shape index (κ1) is 14.7. The molecule has 4 nitrogen and oxygen atoms in total. The Bertz CT molecular complexity index is 440. The van der Waals surface area contributed by atoms with Crippen LogP contribution < -0.4 is 5.32 Å². The molecule has 0 saturated carbocycles. The Labute approximate surface area is 113 Å². The molecule has 0 bridgehead atoms. The van der Waals surface area contributed by atoms with E-state index in [1.807, 2.05) is 0 Å². The molecule has 0 aliphatic carbocycles. The largest absolute Gasteiger partial charge is 0.395 e. The summed E-state index contributed by atoms with van der Waals surface area (Å²) in [5.74, 6) is -0.528. The fraction of sp³-hybridized carbons (Fsp3) is 0.250. The maximum absolute atomic E-state index is 13.5. The highest BCUT2D eigenvalue weighted by Crippen LogP contribution is 2.19. The van der Waals surface area contributed by atoms with E-state index in [0.29, 0.717) is 4.47 Å². The second-order valence-corrected chi connectivity index (χ2v) is 4.43. The number of nitrogens with one attached hydrogen (secondary N) is 1. The Morgan fingerprint density at radius 2 is 2.33 bits per heavy atom. The Hall–Kier alpha value is -1.40. The Morgan fingerprint density at radius 3 is 2.89 bits per heavy atom. The number of aliphatic hydroxyl groups excluding tert-OH is 1. The van der Waals surface area contributed by atoms with Gasteiger partial charge in [0.05, 0.1) is 12.3 Å². The van der Waals surface area contributed by atoms with Crippen LogP contribution in [-0.2, 0) is 0 Å². The molecule has 0 aliphatic rings. The molecule has 18 heavy (non-hydrogen) atoms. The monoisotopic (exact) mass is 316 g/mol. The van der Waals surface area contributed by atoms with Crippen molar-refractivity contribution in [3.63, 3.8) is 0 Å². The lowest BCUT2D eigenvalue weighted by Gasteiger charge is -2.20. The summed E-state index contributed by atoms with van der Waals surface area (Å²) in [5, 5.41) is 11.3. The first-order valence-electron chi connectivity index (χ1n) is 5.31. The van der Waals surface area contributed by atoms with E-state index in [1.165, 1.54) is 23.1 Å². The van der Waals surface area contributed by atoms with Crippen molar-refractivity contribution in [3.05, 3.63) is 41.1 Å². The fourth-order valence-corrected chi connectivity index (χ4v) is 1.67. The fourth-order valence-electron chi connectivity index (χ4n) is 1.34. The van der Waals surface area contributed by atoms with Crippen molar-refractivity contribution in [1.29, 1.82) is 0 Å². The summed E-state index contributed by atoms with van der Waals surface area (Å²) in [5.41, 5.74) is 0.0928. The first-order chi connectivity index (χ1) is 8.58. The van der Waals surface area contributed by atoms with Gasteiger partial charge in [0, 0.05) is 17.6 Å². The molecule has 0 fully saturated rings. The van der Waals surface area contributed by atoms with Gasteiger partial charge in [0.25, 0.3) is 0 Å². The van der Waals surface area contributed by atoms with Crippen molar-refractivity contribution in [2.24, 2.45) is 0 Å². The van der Waals surface area contributed by atoms with Crippen LogP contribution in [0.5, 0.6) is 0 Å². The van der Waals surface area contributed by atoms with Crippen molar-refractivity contribution in [3.8, 4) is 0 Å². The summed E-state index contributed by atoms with van der Waals surface area (Å²) in [6, 6.07) is 3.87. The van der Waals surface area contributed by atoms with Gasteiger partial charge in [-0.15, -0.1) is 6.58 Å². The number of carbonyl (C=O) groups is 1. The van der Waals surface area contributed by atoms with Crippen LogP contribution >= 0.6 is 15.9 Å². The molecular formula is C12H14BrFN2O2. The van der Waals surface area contributed by atoms with Gasteiger partial charge < -0.3 is 15.3 Å². The molecule has 1 aromatic rings. The van der Waals surface area contributed by atoms with E-state index in [0.717, 1.165) is 0 Å². The average molecular weight is 317 g/mol. The second kappa shape index (κ2) is 7.13. The second-order valence-electron chi connectivity index (χ2n) is 3.51. The van der Waals surface area contributed by atoms with E-state index in [1.54, 1.807) is 6.07 Å². The van der Waals surface area contributed by atoms with Gasteiger partial charge in [0.2, 0.25) is 0 Å². The smallest absolute Gasteiger partial charge is 0.322 e. The van der Waals surface area contributed by atoms with E-state index >= 15 is 0 Å². The number of urea groups is 1. The average Bonchev–Trinajstić information content (AvgIpc) is 2.32. The minimum atomic E-state index is -0.528. The molecule has 0 aliphatic heterocycles. The van der Waals surface area contributed by atoms with Gasteiger partial charge >= 0.3 is 6.03 Å². The van der Waals surface area contributed by atoms with E-state index < -0.39 is 11.8 Å². The molecule has 0 spiro atoms. The van der Waals surface area contributed by atoms with E-state index in [4.69, 9.17) is 5.11 Å². The zero-order chi connectivity index (χ0) is 13.5. The van der Waals surface area contributed by atoms with Crippen LogP contribution in [0, 0.1) is 5.82 Å². The van der Waals surface area contributed by atoms with Crippen molar-refractivity contribution >= 4 is 27.6 Å². The minimum Gasteiger partial charge on any atom is -0.395 e. The molecule has 0 saturated heterocycles.